The van der Waals surface area contributed by atoms with Crippen molar-refractivity contribution in [3.8, 4) is 5.75 Å². The first-order chi connectivity index (χ1) is 13.6. The van der Waals surface area contributed by atoms with Crippen LogP contribution in [-0.4, -0.2) is 23.9 Å². The summed E-state index contributed by atoms with van der Waals surface area (Å²) in [5.41, 5.74) is 3.43. The molecular formula is C22H21N3O3. The number of methoxy groups -OCH3 is 1. The Hall–Kier alpha value is -3.67. The second-order valence-electron chi connectivity index (χ2n) is 6.26. The van der Waals surface area contributed by atoms with Crippen molar-refractivity contribution in [1.29, 1.82) is 0 Å². The average molecular weight is 375 g/mol. The van der Waals surface area contributed by atoms with E-state index < -0.39 is 0 Å². The van der Waals surface area contributed by atoms with Gasteiger partial charge in [0.25, 0.3) is 11.8 Å². The van der Waals surface area contributed by atoms with Gasteiger partial charge in [-0.25, -0.2) is 0 Å². The van der Waals surface area contributed by atoms with Crippen molar-refractivity contribution >= 4 is 17.5 Å². The van der Waals surface area contributed by atoms with Crippen LogP contribution in [0.1, 0.15) is 31.8 Å². The number of rotatable bonds is 6. The zero-order valence-corrected chi connectivity index (χ0v) is 15.7. The third-order valence-corrected chi connectivity index (χ3v) is 4.23. The van der Waals surface area contributed by atoms with Crippen molar-refractivity contribution in [2.75, 3.05) is 12.4 Å². The molecule has 2 N–H and O–H groups in total. The zero-order chi connectivity index (χ0) is 19.9. The fourth-order valence-corrected chi connectivity index (χ4v) is 2.70. The van der Waals surface area contributed by atoms with Crippen molar-refractivity contribution in [1.82, 2.24) is 10.3 Å². The molecule has 0 aliphatic carbocycles. The van der Waals surface area contributed by atoms with Crippen LogP contribution in [0.5, 0.6) is 5.75 Å². The number of anilines is 1. The van der Waals surface area contributed by atoms with E-state index >= 15 is 0 Å². The number of pyridine rings is 1. The maximum atomic E-state index is 12.5. The second-order valence-corrected chi connectivity index (χ2v) is 6.26. The van der Waals surface area contributed by atoms with Crippen molar-refractivity contribution in [2.45, 2.75) is 13.5 Å². The molecule has 6 heteroatoms. The molecule has 142 valence electrons. The number of amides is 2. The molecule has 1 aromatic heterocycles. The second kappa shape index (κ2) is 8.81. The molecule has 0 unspecified atom stereocenters. The van der Waals surface area contributed by atoms with Gasteiger partial charge in [0.15, 0.2) is 0 Å². The molecule has 28 heavy (non-hydrogen) atoms. The Morgan fingerprint density at radius 1 is 1.00 bits per heavy atom. The number of carbonyl (C=O) groups is 2. The number of aryl methyl sites for hydroxylation is 1. The molecule has 3 aromatic rings. The van der Waals surface area contributed by atoms with Crippen LogP contribution < -0.4 is 15.4 Å². The van der Waals surface area contributed by atoms with E-state index in [0.717, 1.165) is 16.9 Å². The highest BCUT2D eigenvalue weighted by molar-refractivity contribution is 6.04. The lowest BCUT2D eigenvalue weighted by atomic mass is 10.1. The fourth-order valence-electron chi connectivity index (χ4n) is 2.70. The van der Waals surface area contributed by atoms with Crippen LogP contribution in [0.15, 0.2) is 67.0 Å². The Bertz CT molecular complexity index is 987. The summed E-state index contributed by atoms with van der Waals surface area (Å²) >= 11 is 0. The van der Waals surface area contributed by atoms with Gasteiger partial charge in [-0.2, -0.15) is 0 Å². The van der Waals surface area contributed by atoms with Crippen molar-refractivity contribution in [3.05, 3.63) is 89.2 Å². The van der Waals surface area contributed by atoms with Gasteiger partial charge in [-0.05, 0) is 54.4 Å². The van der Waals surface area contributed by atoms with E-state index in [1.807, 2.05) is 25.1 Å². The molecule has 0 aliphatic heterocycles. The first-order valence-electron chi connectivity index (χ1n) is 8.80. The van der Waals surface area contributed by atoms with Crippen LogP contribution in [0.25, 0.3) is 0 Å². The first-order valence-corrected chi connectivity index (χ1v) is 8.80. The Morgan fingerprint density at radius 3 is 2.57 bits per heavy atom. The van der Waals surface area contributed by atoms with Crippen LogP contribution in [0, 0.1) is 6.92 Å². The summed E-state index contributed by atoms with van der Waals surface area (Å²) in [6.07, 6.45) is 3.09. The Balaban J connectivity index is 1.64. The summed E-state index contributed by atoms with van der Waals surface area (Å²) in [6, 6.07) is 16.0. The summed E-state index contributed by atoms with van der Waals surface area (Å²) in [5, 5.41) is 5.65. The monoisotopic (exact) mass is 375 g/mol. The Labute approximate surface area is 163 Å². The van der Waals surface area contributed by atoms with Crippen LogP contribution >= 0.6 is 0 Å². The van der Waals surface area contributed by atoms with Crippen molar-refractivity contribution in [2.24, 2.45) is 0 Å². The van der Waals surface area contributed by atoms with Gasteiger partial charge in [-0.3, -0.25) is 14.6 Å². The minimum atomic E-state index is -0.280. The molecule has 0 bridgehead atoms. The molecular weight excluding hydrogens is 354 g/mol. The molecule has 2 aromatic carbocycles. The van der Waals surface area contributed by atoms with E-state index in [0.29, 0.717) is 23.4 Å². The minimum absolute atomic E-state index is 0.225. The number of nitrogens with one attached hydrogen (secondary N) is 2. The number of aromatic nitrogens is 1. The Morgan fingerprint density at radius 2 is 1.82 bits per heavy atom. The molecule has 6 nitrogen and oxygen atoms in total. The summed E-state index contributed by atoms with van der Waals surface area (Å²) < 4.78 is 5.31. The fraction of sp³-hybridized carbons (Fsp3) is 0.136. The van der Waals surface area contributed by atoms with E-state index in [1.54, 1.807) is 49.7 Å². The topological polar surface area (TPSA) is 80.3 Å². The molecule has 0 fully saturated rings. The van der Waals surface area contributed by atoms with Gasteiger partial charge < -0.3 is 15.4 Å². The van der Waals surface area contributed by atoms with Crippen LogP contribution in [0.2, 0.25) is 0 Å². The standard InChI is InChI=1S/C22H21N3O3/c1-15-8-9-16(11-20(15)28-2)13-24-21(26)17-5-3-7-19(12-17)25-22(27)18-6-4-10-23-14-18/h3-12,14H,13H2,1-2H3,(H,24,26)(H,25,27). The molecule has 3 rings (SSSR count). The number of ether oxygens (including phenoxy) is 1. The van der Waals surface area contributed by atoms with E-state index in [-0.39, 0.29) is 11.8 Å². The molecule has 0 spiro atoms. The minimum Gasteiger partial charge on any atom is -0.496 e. The van der Waals surface area contributed by atoms with Gasteiger partial charge in [0, 0.05) is 30.2 Å². The van der Waals surface area contributed by atoms with Gasteiger partial charge in [-0.1, -0.05) is 18.2 Å². The number of hydrogen-bond donors (Lipinski definition) is 2. The van der Waals surface area contributed by atoms with Crippen LogP contribution in [0.4, 0.5) is 5.69 Å². The lowest BCUT2D eigenvalue weighted by Gasteiger charge is -2.10. The highest BCUT2D eigenvalue weighted by Gasteiger charge is 2.10. The predicted octanol–water partition coefficient (Wildman–Crippen LogP) is 3.58. The van der Waals surface area contributed by atoms with E-state index in [2.05, 4.69) is 15.6 Å². The number of hydrogen-bond acceptors (Lipinski definition) is 4. The first kappa shape index (κ1) is 19.1. The SMILES string of the molecule is COc1cc(CNC(=O)c2cccc(NC(=O)c3cccnc3)c2)ccc1C. The van der Waals surface area contributed by atoms with Crippen LogP contribution in [-0.2, 0) is 6.54 Å². The molecule has 1 heterocycles. The third-order valence-electron chi connectivity index (χ3n) is 4.23. The van der Waals surface area contributed by atoms with Gasteiger partial charge in [0.05, 0.1) is 12.7 Å². The number of carbonyl (C=O) groups excluding carboxylic acids is 2. The quantitative estimate of drug-likeness (QED) is 0.690. The summed E-state index contributed by atoms with van der Waals surface area (Å²) in [7, 11) is 1.62. The zero-order valence-electron chi connectivity index (χ0n) is 15.7. The highest BCUT2D eigenvalue weighted by atomic mass is 16.5. The van der Waals surface area contributed by atoms with Crippen molar-refractivity contribution < 1.29 is 14.3 Å². The number of benzene rings is 2. The normalized spacial score (nSPS) is 10.2. The lowest BCUT2D eigenvalue weighted by Crippen LogP contribution is -2.23. The van der Waals surface area contributed by atoms with Crippen molar-refractivity contribution in [3.63, 3.8) is 0 Å². The average Bonchev–Trinajstić information content (AvgIpc) is 2.73. The van der Waals surface area contributed by atoms with Gasteiger partial charge in [-0.15, -0.1) is 0 Å². The molecule has 0 radical (unpaired) electrons. The lowest BCUT2D eigenvalue weighted by molar-refractivity contribution is 0.0949. The summed E-state index contributed by atoms with van der Waals surface area (Å²) in [4.78, 5) is 28.6. The van der Waals surface area contributed by atoms with Crippen LogP contribution in [0.3, 0.4) is 0 Å². The van der Waals surface area contributed by atoms with E-state index in [4.69, 9.17) is 4.74 Å². The number of nitrogens with zero attached hydrogens (tertiary/aromatic N) is 1. The largest absolute Gasteiger partial charge is 0.496 e. The smallest absolute Gasteiger partial charge is 0.257 e. The maximum Gasteiger partial charge on any atom is 0.257 e. The highest BCUT2D eigenvalue weighted by Crippen LogP contribution is 2.19. The van der Waals surface area contributed by atoms with Gasteiger partial charge in [0.2, 0.25) is 0 Å². The molecule has 0 aliphatic rings. The molecule has 0 saturated carbocycles. The van der Waals surface area contributed by atoms with Gasteiger partial charge >= 0.3 is 0 Å². The van der Waals surface area contributed by atoms with Gasteiger partial charge in [0.1, 0.15) is 5.75 Å². The maximum absolute atomic E-state index is 12.5. The predicted molar refractivity (Wildman–Crippen MR) is 108 cm³/mol. The Kier molecular flexibility index (Phi) is 6.01. The third kappa shape index (κ3) is 4.73. The van der Waals surface area contributed by atoms with E-state index in [1.165, 1.54) is 6.20 Å². The molecule has 2 amide bonds. The molecule has 0 atom stereocenters. The summed E-state index contributed by atoms with van der Waals surface area (Å²) in [5.74, 6) is 0.279. The summed E-state index contributed by atoms with van der Waals surface area (Å²) in [6.45, 7) is 2.34. The molecule has 0 saturated heterocycles. The van der Waals surface area contributed by atoms with E-state index in [9.17, 15) is 9.59 Å².